The molecule has 3 aromatic rings. The number of piperidine rings is 1. The molecule has 3 unspecified atom stereocenters. The minimum atomic E-state index is -2.14. The number of Topliss-reactive ketones (excluding diaryl/α,β-unsaturated/α-hetero) is 1. The number of nitriles is 1. The number of aryl methyl sites for hydroxylation is 1. The number of likely N-dealkylation sites (N-methyl/N-ethyl adjacent to an activating group) is 1. The first-order valence-corrected chi connectivity index (χ1v) is 23.4. The maximum Gasteiger partial charge on any atom is 0.408 e. The van der Waals surface area contributed by atoms with Crippen molar-refractivity contribution >= 4 is 29.6 Å². The monoisotopic (exact) mass is 920 g/mol. The van der Waals surface area contributed by atoms with E-state index < -0.39 is 65.9 Å². The molecule has 348 valence electrons. The van der Waals surface area contributed by atoms with E-state index in [1.165, 1.54) is 41.1 Å². The Labute approximate surface area is 388 Å². The number of aliphatic hydroxyl groups is 1. The van der Waals surface area contributed by atoms with Crippen LogP contribution in [0.3, 0.4) is 0 Å². The third-order valence-electron chi connectivity index (χ3n) is 13.8. The zero-order valence-electron chi connectivity index (χ0n) is 38.5. The Bertz CT molecular complexity index is 2540. The number of ketones is 1. The lowest BCUT2D eigenvalue weighted by atomic mass is 9.65. The second-order valence-corrected chi connectivity index (χ2v) is 19.8. The number of hydrogen-bond donors (Lipinski definition) is 2. The van der Waals surface area contributed by atoms with E-state index >= 15 is 0 Å². The highest BCUT2D eigenvalue weighted by molar-refractivity contribution is 7.99. The van der Waals surface area contributed by atoms with Gasteiger partial charge < -0.3 is 43.6 Å². The number of thioether (sulfide) groups is 1. The fourth-order valence-corrected chi connectivity index (χ4v) is 12.3. The number of amides is 1. The smallest absolute Gasteiger partial charge is 0.408 e. The van der Waals surface area contributed by atoms with Crippen LogP contribution in [0.1, 0.15) is 73.9 Å². The highest BCUT2D eigenvalue weighted by atomic mass is 32.2. The number of esters is 1. The molecule has 6 aliphatic rings. The molecule has 3 fully saturated rings. The maximum absolute atomic E-state index is 14.6. The highest BCUT2D eigenvalue weighted by Gasteiger charge is 2.64. The molecule has 3 aromatic carbocycles. The summed E-state index contributed by atoms with van der Waals surface area (Å²) in [7, 11) is 5.04. The van der Waals surface area contributed by atoms with E-state index in [2.05, 4.69) is 40.6 Å². The van der Waals surface area contributed by atoms with Crippen LogP contribution >= 0.6 is 11.8 Å². The average molecular weight is 921 g/mol. The minimum Gasteiger partial charge on any atom is -0.493 e. The Morgan fingerprint density at radius 2 is 1.71 bits per heavy atom. The fraction of sp³-hybridized carbons (Fsp3) is 0.480. The molecule has 16 heteroatoms. The van der Waals surface area contributed by atoms with Crippen molar-refractivity contribution in [1.82, 2.24) is 15.1 Å². The number of fused-ring (bicyclic) bond motifs is 11. The molecule has 1 amide bonds. The zero-order chi connectivity index (χ0) is 46.8. The third-order valence-corrected chi connectivity index (χ3v) is 14.9. The molecule has 4 heterocycles. The van der Waals surface area contributed by atoms with Gasteiger partial charge in [0.15, 0.2) is 41.2 Å². The summed E-state index contributed by atoms with van der Waals surface area (Å²) >= 11 is 1.51. The molecule has 0 saturated carbocycles. The average Bonchev–Trinajstić information content (AvgIpc) is 3.89. The lowest BCUT2D eigenvalue weighted by molar-refractivity contribution is -0.159. The largest absolute Gasteiger partial charge is 0.493 e. The van der Waals surface area contributed by atoms with Crippen molar-refractivity contribution in [2.45, 2.75) is 101 Å². The van der Waals surface area contributed by atoms with Gasteiger partial charge >= 0.3 is 12.1 Å². The predicted octanol–water partition coefficient (Wildman–Crippen LogP) is 6.06. The summed E-state index contributed by atoms with van der Waals surface area (Å²) in [6, 6.07) is 16.6. The van der Waals surface area contributed by atoms with Crippen LogP contribution in [-0.2, 0) is 39.7 Å². The summed E-state index contributed by atoms with van der Waals surface area (Å²) in [4.78, 5) is 46.7. The molecule has 2 aliphatic carbocycles. The topological polar surface area (TPSA) is 178 Å². The Morgan fingerprint density at radius 1 is 1.03 bits per heavy atom. The number of benzene rings is 3. The fourth-order valence-electron chi connectivity index (χ4n) is 11.2. The van der Waals surface area contributed by atoms with Crippen LogP contribution in [0.15, 0.2) is 77.3 Å². The van der Waals surface area contributed by atoms with Gasteiger partial charge in [0.2, 0.25) is 6.79 Å². The molecule has 0 aromatic heterocycles. The Kier molecular flexibility index (Phi) is 12.1. The quantitative estimate of drug-likeness (QED) is 0.158. The molecule has 4 aliphatic heterocycles. The summed E-state index contributed by atoms with van der Waals surface area (Å²) in [6.07, 6.45) is -0.459. The first-order chi connectivity index (χ1) is 31.6. The van der Waals surface area contributed by atoms with Gasteiger partial charge in [0.1, 0.15) is 24.3 Å². The molecule has 2 N–H and O–H groups in total. The molecule has 0 spiro atoms. The number of nitrogens with one attached hydrogen (secondary N) is 1. The van der Waals surface area contributed by atoms with Gasteiger partial charge in [-0.3, -0.25) is 14.6 Å². The predicted molar refractivity (Wildman–Crippen MR) is 244 cm³/mol. The second kappa shape index (κ2) is 17.6. The van der Waals surface area contributed by atoms with Crippen molar-refractivity contribution in [3.8, 4) is 28.7 Å². The number of alkyl carbamates (subject to hydrolysis) is 1. The summed E-state index contributed by atoms with van der Waals surface area (Å²) in [5, 5.41) is 26.9. The lowest BCUT2D eigenvalue weighted by Crippen LogP contribution is -2.74. The first-order valence-electron chi connectivity index (χ1n) is 22.2. The van der Waals surface area contributed by atoms with Gasteiger partial charge in [-0.2, -0.15) is 17.0 Å². The Hall–Kier alpha value is -5.57. The number of hydrogen-bond acceptors (Lipinski definition) is 15. The molecule has 3 saturated heterocycles. The van der Waals surface area contributed by atoms with E-state index in [-0.39, 0.29) is 60.4 Å². The summed E-state index contributed by atoms with van der Waals surface area (Å²) < 4.78 is 41.4. The number of carbonyl (C=O) groups is 3. The summed E-state index contributed by atoms with van der Waals surface area (Å²) in [5.41, 5.74) is 4.70. The third kappa shape index (κ3) is 7.58. The molecule has 0 radical (unpaired) electrons. The number of nitrogens with zero attached hydrogens (tertiary/aromatic N) is 3. The van der Waals surface area contributed by atoms with E-state index in [9.17, 15) is 24.8 Å². The molecule has 9 rings (SSSR count). The van der Waals surface area contributed by atoms with E-state index in [1.54, 1.807) is 34.8 Å². The van der Waals surface area contributed by atoms with Gasteiger partial charge in [-0.15, -0.1) is 0 Å². The van der Waals surface area contributed by atoms with E-state index in [0.717, 1.165) is 16.7 Å². The van der Waals surface area contributed by atoms with E-state index in [0.29, 0.717) is 23.7 Å². The van der Waals surface area contributed by atoms with Crippen molar-refractivity contribution in [2.24, 2.45) is 0 Å². The number of ether oxygens (including phenoxy) is 7. The van der Waals surface area contributed by atoms with Crippen molar-refractivity contribution in [1.29, 1.82) is 5.26 Å². The van der Waals surface area contributed by atoms with Gasteiger partial charge in [-0.05, 0) is 81.5 Å². The zero-order valence-corrected chi connectivity index (χ0v) is 39.3. The van der Waals surface area contributed by atoms with Gasteiger partial charge in [0.05, 0.1) is 25.3 Å². The van der Waals surface area contributed by atoms with Gasteiger partial charge in [0.25, 0.3) is 0 Å². The highest BCUT2D eigenvalue weighted by Crippen LogP contribution is 2.57. The second-order valence-electron chi connectivity index (χ2n) is 18.8. The van der Waals surface area contributed by atoms with E-state index in [1.807, 2.05) is 49.2 Å². The number of rotatable bonds is 12. The van der Waals surface area contributed by atoms with Crippen molar-refractivity contribution in [2.75, 3.05) is 53.0 Å². The van der Waals surface area contributed by atoms with Crippen LogP contribution in [0.5, 0.6) is 11.5 Å². The first kappa shape index (κ1) is 45.6. The number of piperazine rings is 1. The van der Waals surface area contributed by atoms with E-state index in [4.69, 9.17) is 33.2 Å². The van der Waals surface area contributed by atoms with Crippen molar-refractivity contribution < 1.29 is 52.6 Å². The SMILES string of the molecule is COCOc1c(OC)c(C)cc2c1[C@@H]1C3CC4(O)C(=O)C(C)=C5OCOC5=C4[C@H](COC(=O)[C@@H](CSCC4c5ccccc5-c5ccccc54)NC(=O)OC(C)(C)C)N3C(C#N)[C@H](C2)N1C. The lowest BCUT2D eigenvalue weighted by Gasteiger charge is -2.62. The molecule has 2 bridgehead atoms. The standard InChI is InChI=1S/C50H56N4O11S/c1-26-17-28-18-35-37(20-51)54-36(41(53(35)6)39(28)44(42(26)60-8)62-24-59-7)19-50(58)40(45-43(63-25-64-45)27(2)46(50)55)38(54)21-61-47(56)34(52-48(57)65-49(3,4)5)23-66-22-33-31-15-11-9-13-29(31)30-14-10-12-16-32(30)33/h9-17,33-38,41,58H,18-19,21-25H2,1-8H3,(H,52,57)/t34-,35+,36?,37?,38+,41+,50?/m1/s1. The Morgan fingerprint density at radius 3 is 2.36 bits per heavy atom. The van der Waals surface area contributed by atoms with Crippen LogP contribution in [0.2, 0.25) is 0 Å². The van der Waals surface area contributed by atoms with Crippen molar-refractivity contribution in [3.05, 3.63) is 105 Å². The number of methoxy groups -OCH3 is 2. The summed E-state index contributed by atoms with van der Waals surface area (Å²) in [5.74, 6) is 0.880. The van der Waals surface area contributed by atoms with Crippen LogP contribution in [-0.4, -0.2) is 127 Å². The van der Waals surface area contributed by atoms with Crippen LogP contribution in [0.4, 0.5) is 4.79 Å². The van der Waals surface area contributed by atoms with Gasteiger partial charge in [0, 0.05) is 59.7 Å². The number of carbonyl (C=O) groups excluding carboxylic acids is 3. The molecule has 66 heavy (non-hydrogen) atoms. The van der Waals surface area contributed by atoms with Crippen LogP contribution < -0.4 is 14.8 Å². The normalized spacial score (nSPS) is 25.8. The van der Waals surface area contributed by atoms with Crippen molar-refractivity contribution in [3.63, 3.8) is 0 Å². The summed E-state index contributed by atoms with van der Waals surface area (Å²) in [6.45, 7) is 8.08. The Balaban J connectivity index is 1.08. The van der Waals surface area contributed by atoms with Gasteiger partial charge in [-0.25, -0.2) is 9.59 Å². The maximum atomic E-state index is 14.6. The minimum absolute atomic E-state index is 0.0584. The van der Waals surface area contributed by atoms with Crippen LogP contribution in [0, 0.1) is 18.3 Å². The molecule has 15 nitrogen and oxygen atoms in total. The molecular weight excluding hydrogens is 865 g/mol. The molecule has 7 atom stereocenters. The van der Waals surface area contributed by atoms with Crippen LogP contribution in [0.25, 0.3) is 11.1 Å². The van der Waals surface area contributed by atoms with Gasteiger partial charge in [-0.1, -0.05) is 54.6 Å². The molecular formula is C50H56N4O11S.